The molecule has 0 aliphatic heterocycles. The Morgan fingerprint density at radius 2 is 1.95 bits per heavy atom. The van der Waals surface area contributed by atoms with Crippen LogP contribution in [0.4, 0.5) is 10.2 Å². The van der Waals surface area contributed by atoms with Crippen LogP contribution in [0.5, 0.6) is 0 Å². The van der Waals surface area contributed by atoms with Crippen LogP contribution in [0.3, 0.4) is 0 Å². The molecule has 20 heavy (non-hydrogen) atoms. The highest BCUT2D eigenvalue weighted by Crippen LogP contribution is 2.16. The number of hydrogen-bond donors (Lipinski definition) is 2. The van der Waals surface area contributed by atoms with E-state index in [1.165, 1.54) is 12.1 Å². The van der Waals surface area contributed by atoms with Crippen LogP contribution in [0.1, 0.15) is 11.3 Å². The molecule has 0 amide bonds. The third-order valence-corrected chi connectivity index (χ3v) is 3.71. The Hall–Kier alpha value is -1.53. The van der Waals surface area contributed by atoms with Crippen molar-refractivity contribution in [3.63, 3.8) is 0 Å². The number of hydrogen-bond acceptors (Lipinski definition) is 2. The van der Waals surface area contributed by atoms with Crippen LogP contribution in [-0.4, -0.2) is 10.1 Å². The zero-order chi connectivity index (χ0) is 14.5. The molecule has 0 saturated heterocycles. The predicted octanol–water partition coefficient (Wildman–Crippen LogP) is 3.78. The van der Waals surface area contributed by atoms with E-state index in [0.29, 0.717) is 17.5 Å². The van der Waals surface area contributed by atoms with Gasteiger partial charge in [-0.05, 0) is 64.9 Å². The summed E-state index contributed by atoms with van der Waals surface area (Å²) in [6.07, 6.45) is 0. The normalized spacial score (nSPS) is 10.2. The van der Waals surface area contributed by atoms with Crippen molar-refractivity contribution in [3.05, 3.63) is 57.9 Å². The van der Waals surface area contributed by atoms with Crippen molar-refractivity contribution in [1.82, 2.24) is 10.3 Å². The summed E-state index contributed by atoms with van der Waals surface area (Å²) >= 11 is 8.58. The molecule has 1 heterocycles. The number of pyridine rings is 1. The van der Waals surface area contributed by atoms with Gasteiger partial charge in [0.2, 0.25) is 0 Å². The SMILES string of the molecule is Cc1nc(NC(=S)NCc2ccc(F)cc2)ccc1Br. The summed E-state index contributed by atoms with van der Waals surface area (Å²) in [7, 11) is 0. The molecule has 0 saturated carbocycles. The Morgan fingerprint density at radius 3 is 2.60 bits per heavy atom. The van der Waals surface area contributed by atoms with Crippen molar-refractivity contribution in [1.29, 1.82) is 0 Å². The number of rotatable bonds is 3. The lowest BCUT2D eigenvalue weighted by atomic mass is 10.2. The first-order chi connectivity index (χ1) is 9.54. The quantitative estimate of drug-likeness (QED) is 0.823. The Kier molecular flexibility index (Phi) is 5.03. The molecule has 0 atom stereocenters. The maximum atomic E-state index is 12.8. The van der Waals surface area contributed by atoms with E-state index < -0.39 is 0 Å². The van der Waals surface area contributed by atoms with E-state index in [9.17, 15) is 4.39 Å². The second-order valence-electron chi connectivity index (χ2n) is 4.20. The average Bonchev–Trinajstić information content (AvgIpc) is 2.42. The molecule has 1 aromatic carbocycles. The van der Waals surface area contributed by atoms with Gasteiger partial charge in [0.25, 0.3) is 0 Å². The van der Waals surface area contributed by atoms with Crippen LogP contribution in [0.15, 0.2) is 40.9 Å². The summed E-state index contributed by atoms with van der Waals surface area (Å²) in [4.78, 5) is 4.34. The minimum absolute atomic E-state index is 0.246. The molecular weight excluding hydrogens is 341 g/mol. The number of thiocarbonyl (C=S) groups is 1. The number of benzene rings is 1. The Morgan fingerprint density at radius 1 is 1.25 bits per heavy atom. The lowest BCUT2D eigenvalue weighted by Crippen LogP contribution is -2.28. The highest BCUT2D eigenvalue weighted by molar-refractivity contribution is 9.10. The molecule has 3 nitrogen and oxygen atoms in total. The minimum Gasteiger partial charge on any atom is -0.358 e. The largest absolute Gasteiger partial charge is 0.358 e. The summed E-state index contributed by atoms with van der Waals surface area (Å²) in [5.74, 6) is 0.436. The number of halogens is 2. The third-order valence-electron chi connectivity index (χ3n) is 2.63. The van der Waals surface area contributed by atoms with Gasteiger partial charge in [-0.15, -0.1) is 0 Å². The molecule has 0 aliphatic carbocycles. The van der Waals surface area contributed by atoms with Crippen molar-refractivity contribution in [2.45, 2.75) is 13.5 Å². The van der Waals surface area contributed by atoms with Crippen molar-refractivity contribution >= 4 is 39.1 Å². The second kappa shape index (κ2) is 6.76. The molecular formula is C14H13BrFN3S. The molecule has 0 radical (unpaired) electrons. The van der Waals surface area contributed by atoms with E-state index in [2.05, 4.69) is 31.5 Å². The summed E-state index contributed by atoms with van der Waals surface area (Å²) in [5.41, 5.74) is 1.84. The van der Waals surface area contributed by atoms with E-state index in [0.717, 1.165) is 15.7 Å². The standard InChI is InChI=1S/C14H13BrFN3S/c1-9-12(15)6-7-13(18-9)19-14(20)17-8-10-2-4-11(16)5-3-10/h2-7H,8H2,1H3,(H2,17,18,19,20). The zero-order valence-corrected chi connectivity index (χ0v) is 13.2. The molecule has 6 heteroatoms. The van der Waals surface area contributed by atoms with Crippen LogP contribution in [0.25, 0.3) is 0 Å². The fourth-order valence-corrected chi connectivity index (χ4v) is 1.96. The van der Waals surface area contributed by atoms with Crippen LogP contribution >= 0.6 is 28.1 Å². The van der Waals surface area contributed by atoms with Gasteiger partial charge in [-0.1, -0.05) is 12.1 Å². The predicted molar refractivity (Wildman–Crippen MR) is 86.1 cm³/mol. The number of aryl methyl sites for hydroxylation is 1. The van der Waals surface area contributed by atoms with Gasteiger partial charge >= 0.3 is 0 Å². The molecule has 0 fully saturated rings. The molecule has 0 bridgehead atoms. The van der Waals surface area contributed by atoms with E-state index in [-0.39, 0.29) is 5.82 Å². The summed E-state index contributed by atoms with van der Waals surface area (Å²) in [6, 6.07) is 10.0. The highest BCUT2D eigenvalue weighted by Gasteiger charge is 2.02. The van der Waals surface area contributed by atoms with Gasteiger partial charge in [0.1, 0.15) is 11.6 Å². The maximum Gasteiger partial charge on any atom is 0.172 e. The van der Waals surface area contributed by atoms with Crippen LogP contribution in [0, 0.1) is 12.7 Å². The highest BCUT2D eigenvalue weighted by atomic mass is 79.9. The Balaban J connectivity index is 1.89. The van der Waals surface area contributed by atoms with Crippen molar-refractivity contribution in [2.75, 3.05) is 5.32 Å². The molecule has 0 unspecified atom stereocenters. The third kappa shape index (κ3) is 4.25. The number of aromatic nitrogens is 1. The number of nitrogens with one attached hydrogen (secondary N) is 2. The lowest BCUT2D eigenvalue weighted by molar-refractivity contribution is 0.627. The zero-order valence-electron chi connectivity index (χ0n) is 10.8. The van der Waals surface area contributed by atoms with E-state index >= 15 is 0 Å². The summed E-state index contributed by atoms with van der Waals surface area (Å²) in [6.45, 7) is 2.44. The molecule has 2 rings (SSSR count). The first-order valence-electron chi connectivity index (χ1n) is 5.97. The maximum absolute atomic E-state index is 12.8. The monoisotopic (exact) mass is 353 g/mol. The number of nitrogens with zero attached hydrogens (tertiary/aromatic N) is 1. The first-order valence-corrected chi connectivity index (χ1v) is 7.17. The Bertz CT molecular complexity index is 616. The van der Waals surface area contributed by atoms with Gasteiger partial charge in [-0.3, -0.25) is 0 Å². The van der Waals surface area contributed by atoms with Gasteiger partial charge in [0.05, 0.1) is 5.69 Å². The molecule has 0 aliphatic rings. The molecule has 104 valence electrons. The van der Waals surface area contributed by atoms with Gasteiger partial charge in [-0.2, -0.15) is 0 Å². The van der Waals surface area contributed by atoms with Gasteiger partial charge in [0.15, 0.2) is 5.11 Å². The Labute approximate surface area is 130 Å². The molecule has 2 N–H and O–H groups in total. The molecule has 0 spiro atoms. The summed E-state index contributed by atoms with van der Waals surface area (Å²) < 4.78 is 13.7. The van der Waals surface area contributed by atoms with Crippen molar-refractivity contribution in [3.8, 4) is 0 Å². The number of anilines is 1. The smallest absolute Gasteiger partial charge is 0.172 e. The van der Waals surface area contributed by atoms with E-state index in [1.54, 1.807) is 12.1 Å². The van der Waals surface area contributed by atoms with E-state index in [4.69, 9.17) is 12.2 Å². The molecule has 2 aromatic rings. The van der Waals surface area contributed by atoms with Crippen LogP contribution < -0.4 is 10.6 Å². The first kappa shape index (κ1) is 14.9. The fourth-order valence-electron chi connectivity index (χ4n) is 1.56. The average molecular weight is 354 g/mol. The minimum atomic E-state index is -0.246. The van der Waals surface area contributed by atoms with Gasteiger partial charge < -0.3 is 10.6 Å². The van der Waals surface area contributed by atoms with Crippen LogP contribution in [0.2, 0.25) is 0 Å². The lowest BCUT2D eigenvalue weighted by Gasteiger charge is -2.10. The van der Waals surface area contributed by atoms with Crippen LogP contribution in [-0.2, 0) is 6.54 Å². The molecule has 1 aromatic heterocycles. The fraction of sp³-hybridized carbons (Fsp3) is 0.143. The van der Waals surface area contributed by atoms with Crippen molar-refractivity contribution in [2.24, 2.45) is 0 Å². The summed E-state index contributed by atoms with van der Waals surface area (Å²) in [5, 5.41) is 6.53. The topological polar surface area (TPSA) is 37.0 Å². The van der Waals surface area contributed by atoms with E-state index in [1.807, 2.05) is 19.1 Å². The van der Waals surface area contributed by atoms with Crippen molar-refractivity contribution < 1.29 is 4.39 Å². The van der Waals surface area contributed by atoms with Gasteiger partial charge in [0, 0.05) is 11.0 Å². The second-order valence-corrected chi connectivity index (χ2v) is 5.46. The van der Waals surface area contributed by atoms with Gasteiger partial charge in [-0.25, -0.2) is 9.37 Å².